The van der Waals surface area contributed by atoms with E-state index in [1.165, 1.54) is 205 Å². The minimum Gasteiger partial charge on any atom is -0.462 e. The molecule has 0 aliphatic carbocycles. The van der Waals surface area contributed by atoms with Crippen LogP contribution < -0.4 is 0 Å². The third-order valence-corrected chi connectivity index (χ3v) is 13.3. The first-order chi connectivity index (χ1) is 30.8. The second-order valence-electron chi connectivity index (χ2n) is 20.3. The molecule has 0 aliphatic rings. The summed E-state index contributed by atoms with van der Waals surface area (Å²) < 4.78 is 16.8. The van der Waals surface area contributed by atoms with Crippen LogP contribution in [0.1, 0.15) is 317 Å². The van der Waals surface area contributed by atoms with Gasteiger partial charge in [0.25, 0.3) is 0 Å². The van der Waals surface area contributed by atoms with Crippen molar-refractivity contribution in [1.82, 2.24) is 0 Å². The van der Waals surface area contributed by atoms with Crippen molar-refractivity contribution in [2.24, 2.45) is 11.8 Å². The highest BCUT2D eigenvalue weighted by atomic mass is 16.6. The Morgan fingerprint density at radius 2 is 0.603 bits per heavy atom. The van der Waals surface area contributed by atoms with Gasteiger partial charge >= 0.3 is 17.9 Å². The molecule has 0 bridgehead atoms. The number of esters is 3. The minimum absolute atomic E-state index is 0.0632. The highest BCUT2D eigenvalue weighted by Gasteiger charge is 2.19. The van der Waals surface area contributed by atoms with E-state index in [-0.39, 0.29) is 31.1 Å². The Hall–Kier alpha value is -1.59. The zero-order valence-electron chi connectivity index (χ0n) is 43.2. The Morgan fingerprint density at radius 3 is 0.905 bits per heavy atom. The predicted octanol–water partition coefficient (Wildman–Crippen LogP) is 18.5. The molecule has 0 aliphatic heterocycles. The van der Waals surface area contributed by atoms with Gasteiger partial charge in [0.15, 0.2) is 6.10 Å². The zero-order valence-corrected chi connectivity index (χ0v) is 43.2. The van der Waals surface area contributed by atoms with Crippen molar-refractivity contribution in [2.45, 2.75) is 323 Å². The van der Waals surface area contributed by atoms with Gasteiger partial charge in [0.1, 0.15) is 13.2 Å². The predicted molar refractivity (Wildman–Crippen MR) is 270 cm³/mol. The monoisotopic (exact) mass is 891 g/mol. The second kappa shape index (κ2) is 49.8. The molecule has 0 fully saturated rings. The maximum absolute atomic E-state index is 12.8. The van der Waals surface area contributed by atoms with Crippen LogP contribution >= 0.6 is 0 Å². The Bertz CT molecular complexity index is 964. The summed E-state index contributed by atoms with van der Waals surface area (Å²) in [6, 6.07) is 0. The highest BCUT2D eigenvalue weighted by molar-refractivity contribution is 5.71. The van der Waals surface area contributed by atoms with Crippen LogP contribution in [0, 0.1) is 11.8 Å². The number of ether oxygens (including phenoxy) is 3. The van der Waals surface area contributed by atoms with E-state index >= 15 is 0 Å². The Balaban J connectivity index is 4.22. The first kappa shape index (κ1) is 61.4. The number of carbonyl (C=O) groups is 3. The van der Waals surface area contributed by atoms with Crippen LogP contribution in [0.5, 0.6) is 0 Å². The van der Waals surface area contributed by atoms with Crippen molar-refractivity contribution >= 4 is 17.9 Å². The lowest BCUT2D eigenvalue weighted by molar-refractivity contribution is -0.167. The van der Waals surface area contributed by atoms with Crippen LogP contribution in [0.15, 0.2) is 0 Å². The molecule has 0 rings (SSSR count). The first-order valence-corrected chi connectivity index (χ1v) is 28.3. The Morgan fingerprint density at radius 1 is 0.333 bits per heavy atom. The quantitative estimate of drug-likeness (QED) is 0.0344. The van der Waals surface area contributed by atoms with E-state index in [1.807, 2.05) is 0 Å². The molecular formula is C57H110O6. The van der Waals surface area contributed by atoms with E-state index in [4.69, 9.17) is 14.2 Å². The lowest BCUT2D eigenvalue weighted by Gasteiger charge is -2.18. The third kappa shape index (κ3) is 49.7. The molecule has 0 saturated heterocycles. The van der Waals surface area contributed by atoms with E-state index in [9.17, 15) is 14.4 Å². The van der Waals surface area contributed by atoms with Gasteiger partial charge in [0, 0.05) is 19.3 Å². The Kier molecular flexibility index (Phi) is 48.6. The van der Waals surface area contributed by atoms with Crippen LogP contribution in [-0.2, 0) is 28.6 Å². The molecular weight excluding hydrogens is 781 g/mol. The molecule has 1 unspecified atom stereocenters. The van der Waals surface area contributed by atoms with Crippen molar-refractivity contribution in [3.05, 3.63) is 0 Å². The zero-order chi connectivity index (χ0) is 46.1. The summed E-state index contributed by atoms with van der Waals surface area (Å²) in [5.41, 5.74) is 0. The van der Waals surface area contributed by atoms with Crippen LogP contribution in [0.4, 0.5) is 0 Å². The topological polar surface area (TPSA) is 78.9 Å². The van der Waals surface area contributed by atoms with Gasteiger partial charge < -0.3 is 14.2 Å². The summed E-state index contributed by atoms with van der Waals surface area (Å²) in [5.74, 6) is 0.863. The van der Waals surface area contributed by atoms with Gasteiger partial charge in [0.05, 0.1) is 0 Å². The number of carbonyl (C=O) groups excluding carboxylic acids is 3. The fourth-order valence-corrected chi connectivity index (χ4v) is 8.66. The van der Waals surface area contributed by atoms with Crippen LogP contribution in [0.2, 0.25) is 0 Å². The lowest BCUT2D eigenvalue weighted by Crippen LogP contribution is -2.30. The van der Waals surface area contributed by atoms with E-state index in [0.717, 1.165) is 69.6 Å². The highest BCUT2D eigenvalue weighted by Crippen LogP contribution is 2.18. The first-order valence-electron chi connectivity index (χ1n) is 28.3. The van der Waals surface area contributed by atoms with Crippen LogP contribution in [0.3, 0.4) is 0 Å². The number of unbranched alkanes of at least 4 members (excludes halogenated alkanes) is 35. The summed E-state index contributed by atoms with van der Waals surface area (Å²) in [4.78, 5) is 38.0. The molecule has 2 atom stereocenters. The molecule has 0 aromatic rings. The molecule has 0 aromatic carbocycles. The summed E-state index contributed by atoms with van der Waals surface area (Å²) in [6.07, 6.45) is 52.3. The molecule has 0 N–H and O–H groups in total. The largest absolute Gasteiger partial charge is 0.462 e. The van der Waals surface area contributed by atoms with Gasteiger partial charge in [-0.05, 0) is 31.1 Å². The fourth-order valence-electron chi connectivity index (χ4n) is 8.66. The normalized spacial score (nSPS) is 12.5. The fraction of sp³-hybridized carbons (Fsp3) is 0.947. The van der Waals surface area contributed by atoms with E-state index in [1.54, 1.807) is 0 Å². The molecule has 6 nitrogen and oxygen atoms in total. The third-order valence-electron chi connectivity index (χ3n) is 13.3. The smallest absolute Gasteiger partial charge is 0.306 e. The standard InChI is InChI=1S/C57H110O6/c1-6-8-9-10-11-12-13-23-27-34-39-44-49-57(60)63-54(51-62-56(59)48-43-38-33-29-28-31-36-41-46-53(5)7-2)50-61-55(58)47-42-37-32-26-24-21-19-17-15-14-16-18-20-22-25-30-35-40-45-52(3)4/h52-54H,6-51H2,1-5H3/t53?,54-/m1/s1. The van der Waals surface area contributed by atoms with Crippen LogP contribution in [0.25, 0.3) is 0 Å². The molecule has 0 radical (unpaired) electrons. The lowest BCUT2D eigenvalue weighted by atomic mass is 9.99. The van der Waals surface area contributed by atoms with Crippen LogP contribution in [-0.4, -0.2) is 37.2 Å². The van der Waals surface area contributed by atoms with Crippen molar-refractivity contribution in [2.75, 3.05) is 13.2 Å². The maximum Gasteiger partial charge on any atom is 0.306 e. The minimum atomic E-state index is -0.762. The van der Waals surface area contributed by atoms with E-state index in [0.29, 0.717) is 19.3 Å². The van der Waals surface area contributed by atoms with Crippen molar-refractivity contribution < 1.29 is 28.6 Å². The summed E-state index contributed by atoms with van der Waals surface area (Å²) in [6.45, 7) is 11.4. The molecule has 63 heavy (non-hydrogen) atoms. The number of hydrogen-bond acceptors (Lipinski definition) is 6. The summed E-state index contributed by atoms with van der Waals surface area (Å²) in [7, 11) is 0. The van der Waals surface area contributed by atoms with Gasteiger partial charge in [-0.15, -0.1) is 0 Å². The molecule has 374 valence electrons. The van der Waals surface area contributed by atoms with Gasteiger partial charge in [0.2, 0.25) is 0 Å². The second-order valence-corrected chi connectivity index (χ2v) is 20.3. The number of rotatable bonds is 51. The van der Waals surface area contributed by atoms with Gasteiger partial charge in [-0.1, -0.05) is 279 Å². The van der Waals surface area contributed by atoms with E-state index < -0.39 is 6.10 Å². The average Bonchev–Trinajstić information content (AvgIpc) is 3.27. The van der Waals surface area contributed by atoms with Gasteiger partial charge in [-0.2, -0.15) is 0 Å². The molecule has 6 heteroatoms. The summed E-state index contributed by atoms with van der Waals surface area (Å²) in [5, 5.41) is 0. The average molecular weight is 892 g/mol. The SMILES string of the molecule is CCCCCCCCCCCCCCC(=O)O[C@H](COC(=O)CCCCCCCCCCCCCCCCCCCCC(C)C)COC(=O)CCCCCCCCCCC(C)CC. The van der Waals surface area contributed by atoms with Gasteiger partial charge in [-0.3, -0.25) is 14.4 Å². The van der Waals surface area contributed by atoms with Crippen molar-refractivity contribution in [1.29, 1.82) is 0 Å². The van der Waals surface area contributed by atoms with E-state index in [2.05, 4.69) is 34.6 Å². The molecule has 0 heterocycles. The molecule has 0 saturated carbocycles. The summed E-state index contributed by atoms with van der Waals surface area (Å²) >= 11 is 0. The van der Waals surface area contributed by atoms with Gasteiger partial charge in [-0.25, -0.2) is 0 Å². The molecule has 0 spiro atoms. The molecule has 0 amide bonds. The number of hydrogen-bond donors (Lipinski definition) is 0. The Labute approximate surface area is 393 Å². The van der Waals surface area contributed by atoms with Crippen molar-refractivity contribution in [3.8, 4) is 0 Å². The molecule has 0 aromatic heterocycles. The maximum atomic E-state index is 12.8. The van der Waals surface area contributed by atoms with Crippen molar-refractivity contribution in [3.63, 3.8) is 0 Å².